The van der Waals surface area contributed by atoms with Crippen LogP contribution in [0.1, 0.15) is 11.1 Å². The third-order valence-corrected chi connectivity index (χ3v) is 4.83. The van der Waals surface area contributed by atoms with E-state index in [4.69, 9.17) is 0 Å². The topological polar surface area (TPSA) is 51.1 Å². The van der Waals surface area contributed by atoms with Gasteiger partial charge in [-0.3, -0.25) is 4.99 Å². The Bertz CT molecular complexity index is 734. The predicted octanol–water partition coefficient (Wildman–Crippen LogP) is 2.64. The van der Waals surface area contributed by atoms with Gasteiger partial charge in [0.2, 0.25) is 0 Å². The Hall–Kier alpha value is -2.69. The van der Waals surface area contributed by atoms with Crippen molar-refractivity contribution in [2.45, 2.75) is 13.3 Å². The molecule has 0 aliphatic carbocycles. The Balaban J connectivity index is 1.49. The maximum absolute atomic E-state index is 10.0. The van der Waals surface area contributed by atoms with Crippen molar-refractivity contribution in [1.82, 2.24) is 10.2 Å². The molecule has 0 radical (unpaired) electrons. The summed E-state index contributed by atoms with van der Waals surface area (Å²) >= 11 is 0. The average Bonchev–Trinajstić information content (AvgIpc) is 2.67. The molecule has 138 valence electrons. The Kier molecular flexibility index (Phi) is 6.00. The van der Waals surface area contributed by atoms with Crippen molar-refractivity contribution in [3.63, 3.8) is 0 Å². The minimum absolute atomic E-state index is 0.349. The van der Waals surface area contributed by atoms with E-state index in [2.05, 4.69) is 51.3 Å². The number of benzene rings is 2. The molecule has 5 heteroatoms. The predicted molar refractivity (Wildman–Crippen MR) is 108 cm³/mol. The summed E-state index contributed by atoms with van der Waals surface area (Å²) in [5.74, 6) is 1.30. The van der Waals surface area contributed by atoms with Gasteiger partial charge in [0, 0.05) is 39.8 Å². The third kappa shape index (κ3) is 4.48. The monoisotopic (exact) mass is 352 g/mol. The van der Waals surface area contributed by atoms with Crippen molar-refractivity contribution < 1.29 is 5.11 Å². The van der Waals surface area contributed by atoms with Crippen LogP contribution in [0.5, 0.6) is 5.75 Å². The highest BCUT2D eigenvalue weighted by Crippen LogP contribution is 2.27. The minimum Gasteiger partial charge on any atom is -0.506 e. The average molecular weight is 352 g/mol. The molecule has 0 amide bonds. The normalized spacial score (nSPS) is 15.2. The number of aromatic hydroxyl groups is 1. The lowest BCUT2D eigenvalue weighted by atomic mass is 10.1. The lowest BCUT2D eigenvalue weighted by molar-refractivity contribution is 0.370. The third-order valence-electron chi connectivity index (χ3n) is 4.83. The lowest BCUT2D eigenvalue weighted by Crippen LogP contribution is -2.52. The molecule has 0 aromatic heterocycles. The number of piperazine rings is 1. The molecule has 1 saturated heterocycles. The van der Waals surface area contributed by atoms with Crippen molar-refractivity contribution in [3.05, 3.63) is 59.7 Å². The second-order valence-corrected chi connectivity index (χ2v) is 6.67. The van der Waals surface area contributed by atoms with Crippen LogP contribution in [0.4, 0.5) is 5.69 Å². The van der Waals surface area contributed by atoms with Crippen LogP contribution in [0.25, 0.3) is 0 Å². The van der Waals surface area contributed by atoms with Gasteiger partial charge in [-0.1, -0.05) is 42.0 Å². The molecule has 5 nitrogen and oxygen atoms in total. The van der Waals surface area contributed by atoms with Crippen LogP contribution in [-0.2, 0) is 6.42 Å². The van der Waals surface area contributed by atoms with Gasteiger partial charge in [-0.05, 0) is 31.0 Å². The molecule has 2 aromatic carbocycles. The van der Waals surface area contributed by atoms with Gasteiger partial charge in [-0.2, -0.15) is 0 Å². The molecular weight excluding hydrogens is 324 g/mol. The number of aliphatic imine (C=N–C) groups is 1. The first-order valence-corrected chi connectivity index (χ1v) is 9.21. The van der Waals surface area contributed by atoms with Crippen molar-refractivity contribution >= 4 is 11.6 Å². The highest BCUT2D eigenvalue weighted by Gasteiger charge is 2.21. The van der Waals surface area contributed by atoms with Gasteiger partial charge in [0.25, 0.3) is 0 Å². The van der Waals surface area contributed by atoms with Crippen LogP contribution in [0.2, 0.25) is 0 Å². The standard InChI is InChI=1S/C21H28N4O/c1-17-7-9-18(10-8-17)11-12-23-21(22-2)25-15-13-24(14-16-25)19-5-3-4-6-20(19)26/h3-10,26H,11-16H2,1-2H3,(H,22,23). The van der Waals surface area contributed by atoms with Crippen LogP contribution in [0.3, 0.4) is 0 Å². The van der Waals surface area contributed by atoms with Crippen LogP contribution < -0.4 is 10.2 Å². The fourth-order valence-electron chi connectivity index (χ4n) is 3.30. The second kappa shape index (κ2) is 8.61. The van der Waals surface area contributed by atoms with Crippen LogP contribution in [0, 0.1) is 6.92 Å². The van der Waals surface area contributed by atoms with Crippen molar-refractivity contribution in [1.29, 1.82) is 0 Å². The molecule has 2 N–H and O–H groups in total. The van der Waals surface area contributed by atoms with Gasteiger partial charge in [0.15, 0.2) is 5.96 Å². The molecule has 0 unspecified atom stereocenters. The second-order valence-electron chi connectivity index (χ2n) is 6.67. The van der Waals surface area contributed by atoms with E-state index in [1.807, 2.05) is 25.2 Å². The number of para-hydroxylation sites is 2. The van der Waals surface area contributed by atoms with Crippen LogP contribution in [0.15, 0.2) is 53.5 Å². The highest BCUT2D eigenvalue weighted by atomic mass is 16.3. The molecule has 1 heterocycles. The smallest absolute Gasteiger partial charge is 0.193 e. The van der Waals surface area contributed by atoms with Gasteiger partial charge in [0.05, 0.1) is 5.69 Å². The summed E-state index contributed by atoms with van der Waals surface area (Å²) in [6, 6.07) is 16.2. The number of guanidine groups is 1. The van der Waals surface area contributed by atoms with Crippen molar-refractivity contribution in [2.24, 2.45) is 4.99 Å². The zero-order valence-electron chi connectivity index (χ0n) is 15.7. The Morgan fingerprint density at radius 3 is 2.38 bits per heavy atom. The number of phenols is 1. The van der Waals surface area contributed by atoms with E-state index in [-0.39, 0.29) is 0 Å². The summed E-state index contributed by atoms with van der Waals surface area (Å²) in [4.78, 5) is 8.95. The SMILES string of the molecule is CN=C(NCCc1ccc(C)cc1)N1CCN(c2ccccc2O)CC1. The highest BCUT2D eigenvalue weighted by molar-refractivity contribution is 5.80. The van der Waals surface area contributed by atoms with E-state index in [9.17, 15) is 5.11 Å². The van der Waals surface area contributed by atoms with Crippen LogP contribution >= 0.6 is 0 Å². The summed E-state index contributed by atoms with van der Waals surface area (Å²) < 4.78 is 0. The van der Waals surface area contributed by atoms with Crippen LogP contribution in [-0.4, -0.2) is 55.7 Å². The molecule has 0 bridgehead atoms. The van der Waals surface area contributed by atoms with Gasteiger partial charge in [-0.25, -0.2) is 0 Å². The number of phenolic OH excluding ortho intramolecular Hbond substituents is 1. The van der Waals surface area contributed by atoms with E-state index in [1.54, 1.807) is 6.07 Å². The fraction of sp³-hybridized carbons (Fsp3) is 0.381. The molecule has 0 spiro atoms. The molecule has 1 fully saturated rings. The first-order chi connectivity index (χ1) is 12.7. The minimum atomic E-state index is 0.349. The van der Waals surface area contributed by atoms with E-state index in [0.29, 0.717) is 5.75 Å². The summed E-state index contributed by atoms with van der Waals surface area (Å²) in [6.45, 7) is 6.50. The first kappa shape index (κ1) is 18.1. The van der Waals surface area contributed by atoms with E-state index >= 15 is 0 Å². The Labute approximate surface area is 156 Å². The van der Waals surface area contributed by atoms with Crippen molar-refractivity contribution in [2.75, 3.05) is 44.7 Å². The number of hydrogen-bond donors (Lipinski definition) is 2. The Morgan fingerprint density at radius 2 is 1.73 bits per heavy atom. The molecule has 0 saturated carbocycles. The van der Waals surface area contributed by atoms with E-state index < -0.39 is 0 Å². The summed E-state index contributed by atoms with van der Waals surface area (Å²) in [5, 5.41) is 13.5. The Morgan fingerprint density at radius 1 is 1.04 bits per heavy atom. The number of rotatable bonds is 4. The van der Waals surface area contributed by atoms with E-state index in [1.165, 1.54) is 11.1 Å². The largest absolute Gasteiger partial charge is 0.506 e. The molecule has 2 aromatic rings. The zero-order valence-corrected chi connectivity index (χ0v) is 15.7. The van der Waals surface area contributed by atoms with Gasteiger partial charge >= 0.3 is 0 Å². The summed E-state index contributed by atoms with van der Waals surface area (Å²) in [5.41, 5.74) is 3.54. The molecule has 26 heavy (non-hydrogen) atoms. The van der Waals surface area contributed by atoms with Gasteiger partial charge in [0.1, 0.15) is 5.75 Å². The number of aryl methyl sites for hydroxylation is 1. The fourth-order valence-corrected chi connectivity index (χ4v) is 3.30. The number of nitrogens with one attached hydrogen (secondary N) is 1. The van der Waals surface area contributed by atoms with Crippen molar-refractivity contribution in [3.8, 4) is 5.75 Å². The molecule has 3 rings (SSSR count). The number of nitrogens with zero attached hydrogens (tertiary/aromatic N) is 3. The quantitative estimate of drug-likeness (QED) is 0.656. The van der Waals surface area contributed by atoms with E-state index in [0.717, 1.165) is 50.8 Å². The first-order valence-electron chi connectivity index (χ1n) is 9.21. The number of anilines is 1. The summed E-state index contributed by atoms with van der Waals surface area (Å²) in [7, 11) is 1.84. The summed E-state index contributed by atoms with van der Waals surface area (Å²) in [6.07, 6.45) is 0.983. The molecule has 1 aliphatic heterocycles. The molecule has 0 atom stereocenters. The maximum Gasteiger partial charge on any atom is 0.193 e. The van der Waals surface area contributed by atoms with Gasteiger partial charge in [-0.15, -0.1) is 0 Å². The maximum atomic E-state index is 10.0. The number of hydrogen-bond acceptors (Lipinski definition) is 3. The van der Waals surface area contributed by atoms with Gasteiger partial charge < -0.3 is 20.2 Å². The lowest BCUT2D eigenvalue weighted by Gasteiger charge is -2.37. The molecule has 1 aliphatic rings. The molecular formula is C21H28N4O. The zero-order chi connectivity index (χ0) is 18.4.